The first-order valence-electron chi connectivity index (χ1n) is 15.2. The average molecular weight is 581 g/mol. The molecule has 4 heterocycles. The summed E-state index contributed by atoms with van der Waals surface area (Å²) >= 11 is 0. The Balaban J connectivity index is 1.33. The highest BCUT2D eigenvalue weighted by Crippen LogP contribution is 2.35. The molecule has 2 atom stereocenters. The van der Waals surface area contributed by atoms with Crippen LogP contribution < -0.4 is 14.5 Å². The predicted octanol–water partition coefficient (Wildman–Crippen LogP) is 3.88. The zero-order valence-corrected chi connectivity index (χ0v) is 25.4. The second kappa shape index (κ2) is 12.2. The van der Waals surface area contributed by atoms with Crippen LogP contribution in [0.1, 0.15) is 36.6 Å². The van der Waals surface area contributed by atoms with Gasteiger partial charge in [-0.05, 0) is 51.8 Å². The summed E-state index contributed by atoms with van der Waals surface area (Å²) in [6, 6.07) is 7.12. The molecule has 1 aliphatic carbocycles. The molecule has 1 amide bonds. The van der Waals surface area contributed by atoms with Crippen LogP contribution in [0, 0.1) is 13.5 Å². The summed E-state index contributed by atoms with van der Waals surface area (Å²) in [5.74, 6) is 0.723. The van der Waals surface area contributed by atoms with E-state index in [-0.39, 0.29) is 24.6 Å². The fourth-order valence-electron chi connectivity index (χ4n) is 6.55. The number of pyridine rings is 1. The van der Waals surface area contributed by atoms with Crippen LogP contribution in [0.4, 0.5) is 11.5 Å². The van der Waals surface area contributed by atoms with Crippen molar-refractivity contribution in [3.05, 3.63) is 71.5 Å². The highest BCUT2D eigenvalue weighted by Gasteiger charge is 2.35. The molecule has 2 aliphatic heterocycles. The van der Waals surface area contributed by atoms with Crippen LogP contribution in [-0.2, 0) is 17.8 Å². The van der Waals surface area contributed by atoms with Gasteiger partial charge in [-0.2, -0.15) is 9.97 Å². The van der Waals surface area contributed by atoms with Gasteiger partial charge in [-0.15, -0.1) is 0 Å². The fourth-order valence-corrected chi connectivity index (χ4v) is 6.55. The lowest BCUT2D eigenvalue weighted by atomic mass is 10.0. The molecule has 0 spiro atoms. The van der Waals surface area contributed by atoms with Crippen molar-refractivity contribution in [3.8, 4) is 6.01 Å². The molecule has 0 bridgehead atoms. The summed E-state index contributed by atoms with van der Waals surface area (Å²) in [4.78, 5) is 39.5. The van der Waals surface area contributed by atoms with E-state index in [2.05, 4.69) is 70.2 Å². The van der Waals surface area contributed by atoms with E-state index < -0.39 is 0 Å². The van der Waals surface area contributed by atoms with Crippen LogP contribution in [0.25, 0.3) is 15.6 Å². The van der Waals surface area contributed by atoms with Crippen molar-refractivity contribution in [1.29, 1.82) is 0 Å². The maximum Gasteiger partial charge on any atom is 0.318 e. The maximum atomic E-state index is 12.6. The Morgan fingerprint density at radius 2 is 2.07 bits per heavy atom. The number of piperazine rings is 1. The standard InChI is InChI=1S/C33H40N8O2/c1-6-30(42)41-15-14-40(20-26(41)17-34-4)32-27-12-13-39(29-18-35-16-24-9-7-8-22(2)31(24)29)21-28(27)36-33(37-32)43-23(3)19-38(5)25-10-11-25/h6-9,16,18,23,25-26H,1,10-15,17,19-21H2,2-3,5H3/t23-,26-/m0/s1. The number of anilines is 2. The van der Waals surface area contributed by atoms with E-state index in [0.717, 1.165) is 47.7 Å². The van der Waals surface area contributed by atoms with Crippen molar-refractivity contribution >= 4 is 28.2 Å². The molecule has 2 fully saturated rings. The number of ether oxygens (including phenoxy) is 1. The molecular weight excluding hydrogens is 540 g/mol. The third kappa shape index (κ3) is 6.00. The van der Waals surface area contributed by atoms with E-state index in [1.54, 1.807) is 4.90 Å². The van der Waals surface area contributed by atoms with Gasteiger partial charge < -0.3 is 24.3 Å². The van der Waals surface area contributed by atoms with Crippen LogP contribution in [0.2, 0.25) is 0 Å². The molecule has 1 saturated carbocycles. The van der Waals surface area contributed by atoms with E-state index in [4.69, 9.17) is 21.3 Å². The van der Waals surface area contributed by atoms with E-state index in [0.29, 0.717) is 38.2 Å². The van der Waals surface area contributed by atoms with Gasteiger partial charge in [0.25, 0.3) is 0 Å². The van der Waals surface area contributed by atoms with Gasteiger partial charge in [0.2, 0.25) is 12.5 Å². The van der Waals surface area contributed by atoms with Gasteiger partial charge in [0.15, 0.2) is 0 Å². The van der Waals surface area contributed by atoms with Gasteiger partial charge in [0.1, 0.15) is 18.0 Å². The molecule has 6 rings (SSSR count). The molecule has 10 heteroatoms. The molecule has 43 heavy (non-hydrogen) atoms. The zero-order chi connectivity index (χ0) is 30.1. The number of aromatic nitrogens is 3. The first kappa shape index (κ1) is 28.9. The Morgan fingerprint density at radius 3 is 2.84 bits per heavy atom. The summed E-state index contributed by atoms with van der Waals surface area (Å²) in [6.07, 6.45) is 8.40. The lowest BCUT2D eigenvalue weighted by Crippen LogP contribution is -2.56. The number of nitrogens with zero attached hydrogens (tertiary/aromatic N) is 8. The van der Waals surface area contributed by atoms with E-state index in [1.807, 2.05) is 12.4 Å². The Hall–Kier alpha value is -4.23. The van der Waals surface area contributed by atoms with Gasteiger partial charge in [0.05, 0.1) is 24.1 Å². The first-order valence-corrected chi connectivity index (χ1v) is 15.2. The molecule has 0 N–H and O–H groups in total. The summed E-state index contributed by atoms with van der Waals surface area (Å²) < 4.78 is 6.39. The lowest BCUT2D eigenvalue weighted by Gasteiger charge is -2.41. The lowest BCUT2D eigenvalue weighted by molar-refractivity contribution is -0.128. The Morgan fingerprint density at radius 1 is 1.23 bits per heavy atom. The molecule has 2 aromatic heterocycles. The van der Waals surface area contributed by atoms with Crippen molar-refractivity contribution in [2.75, 3.05) is 56.1 Å². The van der Waals surface area contributed by atoms with Crippen LogP contribution in [-0.4, -0.2) is 95.2 Å². The molecular formula is C33H40N8O2. The normalized spacial score (nSPS) is 19.2. The Bertz CT molecular complexity index is 1560. The smallest absolute Gasteiger partial charge is 0.318 e. The number of amides is 1. The van der Waals surface area contributed by atoms with Crippen molar-refractivity contribution in [2.24, 2.45) is 0 Å². The number of hydrogen-bond donors (Lipinski definition) is 0. The van der Waals surface area contributed by atoms with Gasteiger partial charge in [-0.25, -0.2) is 6.57 Å². The zero-order valence-electron chi connectivity index (χ0n) is 25.4. The third-order valence-corrected chi connectivity index (χ3v) is 8.90. The largest absolute Gasteiger partial charge is 0.459 e. The molecule has 1 saturated heterocycles. The predicted molar refractivity (Wildman–Crippen MR) is 168 cm³/mol. The number of carbonyl (C=O) groups is 1. The minimum Gasteiger partial charge on any atom is -0.459 e. The molecule has 3 aromatic rings. The number of aryl methyl sites for hydroxylation is 1. The monoisotopic (exact) mass is 580 g/mol. The number of hydrogen-bond acceptors (Lipinski definition) is 8. The van der Waals surface area contributed by atoms with Crippen LogP contribution in [0.15, 0.2) is 43.2 Å². The number of fused-ring (bicyclic) bond motifs is 2. The summed E-state index contributed by atoms with van der Waals surface area (Å²) in [5, 5.41) is 2.34. The number of benzene rings is 1. The third-order valence-electron chi connectivity index (χ3n) is 8.90. The van der Waals surface area contributed by atoms with Crippen molar-refractivity contribution in [1.82, 2.24) is 24.8 Å². The molecule has 224 valence electrons. The highest BCUT2D eigenvalue weighted by atomic mass is 16.5. The van der Waals surface area contributed by atoms with Crippen LogP contribution in [0.3, 0.4) is 0 Å². The molecule has 0 radical (unpaired) electrons. The number of likely N-dealkylation sites (N-methyl/N-ethyl adjacent to an activating group) is 1. The second-order valence-electron chi connectivity index (χ2n) is 12.0. The minimum absolute atomic E-state index is 0.0713. The fraction of sp³-hybridized carbons (Fsp3) is 0.485. The minimum atomic E-state index is -0.234. The number of rotatable bonds is 9. The summed E-state index contributed by atoms with van der Waals surface area (Å²) in [5.41, 5.74) is 4.39. The first-order chi connectivity index (χ1) is 20.9. The van der Waals surface area contributed by atoms with Crippen molar-refractivity contribution in [3.63, 3.8) is 0 Å². The van der Waals surface area contributed by atoms with E-state index in [9.17, 15) is 4.79 Å². The van der Waals surface area contributed by atoms with Crippen molar-refractivity contribution in [2.45, 2.75) is 57.8 Å². The second-order valence-corrected chi connectivity index (χ2v) is 12.0. The number of carbonyl (C=O) groups excluding carboxylic acids is 1. The molecule has 3 aliphatic rings. The molecule has 0 unspecified atom stereocenters. The quantitative estimate of drug-likeness (QED) is 0.279. The van der Waals surface area contributed by atoms with Gasteiger partial charge in [-0.1, -0.05) is 24.8 Å². The summed E-state index contributed by atoms with van der Waals surface area (Å²) in [7, 11) is 2.15. The van der Waals surface area contributed by atoms with Crippen LogP contribution in [0.5, 0.6) is 6.01 Å². The van der Waals surface area contributed by atoms with E-state index in [1.165, 1.54) is 29.9 Å². The average Bonchev–Trinajstić information content (AvgIpc) is 3.86. The van der Waals surface area contributed by atoms with Gasteiger partial charge in [0, 0.05) is 61.3 Å². The maximum absolute atomic E-state index is 12.6. The van der Waals surface area contributed by atoms with Crippen molar-refractivity contribution < 1.29 is 9.53 Å². The van der Waals surface area contributed by atoms with E-state index >= 15 is 0 Å². The summed E-state index contributed by atoms with van der Waals surface area (Å²) in [6.45, 7) is 19.5. The topological polar surface area (TPSA) is 82.3 Å². The van der Waals surface area contributed by atoms with Gasteiger partial charge in [-0.3, -0.25) is 14.7 Å². The van der Waals surface area contributed by atoms with Gasteiger partial charge >= 0.3 is 6.01 Å². The highest BCUT2D eigenvalue weighted by molar-refractivity contribution is 5.96. The Kier molecular flexibility index (Phi) is 8.17. The molecule has 1 aromatic carbocycles. The molecule has 10 nitrogen and oxygen atoms in total. The van der Waals surface area contributed by atoms with Crippen LogP contribution >= 0.6 is 0 Å². The SMILES string of the molecule is [C-]#[N+]C[C@H]1CN(c2nc(O[C@@H](C)CN(C)C3CC3)nc3c2CCN(c2cncc4cccc(C)c24)C3)CCN1C(=O)C=C. The Labute approximate surface area is 253 Å².